The van der Waals surface area contributed by atoms with E-state index in [0.29, 0.717) is 17.1 Å². The zero-order valence-corrected chi connectivity index (χ0v) is 9.09. The van der Waals surface area contributed by atoms with Gasteiger partial charge in [-0.05, 0) is 25.5 Å². The lowest BCUT2D eigenvalue weighted by Crippen LogP contribution is -2.30. The van der Waals surface area contributed by atoms with E-state index in [4.69, 9.17) is 11.1 Å². The number of carbonyl (C=O) groups is 1. The van der Waals surface area contributed by atoms with E-state index >= 15 is 0 Å². The van der Waals surface area contributed by atoms with Gasteiger partial charge in [0.05, 0.1) is 17.0 Å². The normalized spacial score (nSPS) is 17.9. The largest absolute Gasteiger partial charge is 0.402 e. The van der Waals surface area contributed by atoms with E-state index in [1.165, 1.54) is 0 Å². The summed E-state index contributed by atoms with van der Waals surface area (Å²) in [6.07, 6.45) is 1.66. The molecule has 0 radical (unpaired) electrons. The molecule has 0 aliphatic carbocycles. The molecule has 0 bridgehead atoms. The van der Waals surface area contributed by atoms with Crippen LogP contribution in [-0.4, -0.2) is 16.6 Å². The van der Waals surface area contributed by atoms with Gasteiger partial charge >= 0.3 is 0 Å². The lowest BCUT2D eigenvalue weighted by Gasteiger charge is -2.20. The number of nitrogens with one attached hydrogen (secondary N) is 2. The Labute approximate surface area is 92.9 Å². The molecule has 5 heteroatoms. The van der Waals surface area contributed by atoms with Crippen LogP contribution in [0.2, 0.25) is 0 Å². The van der Waals surface area contributed by atoms with Gasteiger partial charge in [0, 0.05) is 11.9 Å². The Hall–Kier alpha value is -2.17. The van der Waals surface area contributed by atoms with Crippen LogP contribution in [0.25, 0.3) is 0 Å². The van der Waals surface area contributed by atoms with E-state index in [2.05, 4.69) is 10.3 Å². The molecule has 0 atom stereocenters. The lowest BCUT2D eigenvalue weighted by molar-refractivity contribution is -0.112. The number of fused-ring (bicyclic) bond motifs is 1. The van der Waals surface area contributed by atoms with Crippen LogP contribution in [0, 0.1) is 12.3 Å². The van der Waals surface area contributed by atoms with Crippen molar-refractivity contribution in [2.45, 2.75) is 13.8 Å². The summed E-state index contributed by atoms with van der Waals surface area (Å²) in [4.78, 5) is 15.8. The monoisotopic (exact) mass is 216 g/mol. The van der Waals surface area contributed by atoms with Crippen molar-refractivity contribution < 1.29 is 4.79 Å². The lowest BCUT2D eigenvalue weighted by atomic mass is 9.98. The van der Waals surface area contributed by atoms with Crippen molar-refractivity contribution in [3.8, 4) is 0 Å². The highest BCUT2D eigenvalue weighted by Gasteiger charge is 2.27. The third kappa shape index (κ3) is 1.46. The Balaban J connectivity index is 2.63. The van der Waals surface area contributed by atoms with Gasteiger partial charge in [0.1, 0.15) is 5.69 Å². The molecule has 2 rings (SSSR count). The van der Waals surface area contributed by atoms with Crippen LogP contribution < -0.4 is 11.1 Å². The fourth-order valence-electron chi connectivity index (χ4n) is 1.66. The van der Waals surface area contributed by atoms with Crippen LogP contribution >= 0.6 is 0 Å². The molecule has 1 aliphatic rings. The molecule has 4 N–H and O–H groups in total. The zero-order valence-electron chi connectivity index (χ0n) is 9.09. The van der Waals surface area contributed by atoms with E-state index in [1.54, 1.807) is 19.2 Å². The Bertz CT molecular complexity index is 527. The second kappa shape index (κ2) is 3.44. The first-order chi connectivity index (χ1) is 7.50. The average molecular weight is 216 g/mol. The van der Waals surface area contributed by atoms with Crippen molar-refractivity contribution in [2.75, 3.05) is 5.32 Å². The topological polar surface area (TPSA) is 91.9 Å². The average Bonchev–Trinajstić information content (AvgIpc) is 2.15. The van der Waals surface area contributed by atoms with Gasteiger partial charge in [0.15, 0.2) is 0 Å². The molecule has 2 heterocycles. The number of allylic oxidation sites excluding steroid dienone is 1. The summed E-state index contributed by atoms with van der Waals surface area (Å²) in [5, 5.41) is 10.6. The summed E-state index contributed by atoms with van der Waals surface area (Å²) >= 11 is 0. The fraction of sp³-hybridized carbons (Fsp3) is 0.182. The maximum atomic E-state index is 11.7. The van der Waals surface area contributed by atoms with Crippen LogP contribution in [-0.2, 0) is 4.79 Å². The maximum absolute atomic E-state index is 11.7. The minimum absolute atomic E-state index is 0.0822. The number of anilines is 1. The number of nitrogens with two attached hydrogens (primary N) is 1. The third-order valence-electron chi connectivity index (χ3n) is 2.38. The van der Waals surface area contributed by atoms with Crippen molar-refractivity contribution >= 4 is 17.3 Å². The number of pyridine rings is 1. The van der Waals surface area contributed by atoms with E-state index in [-0.39, 0.29) is 17.2 Å². The minimum atomic E-state index is -0.343. The van der Waals surface area contributed by atoms with E-state index < -0.39 is 0 Å². The highest BCUT2D eigenvalue weighted by atomic mass is 16.1. The first kappa shape index (κ1) is 10.4. The Morgan fingerprint density at radius 3 is 2.88 bits per heavy atom. The van der Waals surface area contributed by atoms with Crippen molar-refractivity contribution in [1.29, 1.82) is 5.41 Å². The van der Waals surface area contributed by atoms with Gasteiger partial charge in [-0.15, -0.1) is 0 Å². The first-order valence-electron chi connectivity index (χ1n) is 4.84. The minimum Gasteiger partial charge on any atom is -0.402 e. The van der Waals surface area contributed by atoms with Gasteiger partial charge < -0.3 is 11.1 Å². The molecule has 5 nitrogen and oxygen atoms in total. The number of hydrogen-bond acceptors (Lipinski definition) is 4. The standard InChI is InChI=1S/C11H12N4O/c1-5-3-7-10(14-4-5)9(13)8(6(2)12)11(16)15-7/h3-4,13H,12H2,1-2H3,(H,15,16)/b8-6+,13-9?. The summed E-state index contributed by atoms with van der Waals surface area (Å²) < 4.78 is 0. The molecule has 1 aromatic rings. The van der Waals surface area contributed by atoms with Crippen molar-refractivity contribution in [1.82, 2.24) is 4.98 Å². The highest BCUT2D eigenvalue weighted by molar-refractivity contribution is 6.34. The van der Waals surface area contributed by atoms with Crippen LogP contribution in [0.4, 0.5) is 5.69 Å². The number of aromatic nitrogens is 1. The van der Waals surface area contributed by atoms with E-state index in [1.807, 2.05) is 6.92 Å². The number of aryl methyl sites for hydroxylation is 1. The Morgan fingerprint density at radius 2 is 2.25 bits per heavy atom. The van der Waals surface area contributed by atoms with Crippen LogP contribution in [0.3, 0.4) is 0 Å². The molecule has 1 aliphatic heterocycles. The molecule has 82 valence electrons. The van der Waals surface area contributed by atoms with Gasteiger partial charge in [-0.3, -0.25) is 15.2 Å². The first-order valence-corrected chi connectivity index (χ1v) is 4.84. The summed E-state index contributed by atoms with van der Waals surface area (Å²) in [6, 6.07) is 1.79. The molecule has 0 spiro atoms. The molecule has 0 aromatic carbocycles. The van der Waals surface area contributed by atoms with Crippen molar-refractivity contribution in [3.05, 3.63) is 34.8 Å². The van der Waals surface area contributed by atoms with Gasteiger partial charge in [-0.25, -0.2) is 0 Å². The van der Waals surface area contributed by atoms with Crippen molar-refractivity contribution in [3.63, 3.8) is 0 Å². The molecule has 0 saturated heterocycles. The maximum Gasteiger partial charge on any atom is 0.259 e. The quantitative estimate of drug-likeness (QED) is 0.563. The third-order valence-corrected chi connectivity index (χ3v) is 2.38. The zero-order chi connectivity index (χ0) is 11.9. The predicted octanol–water partition coefficient (Wildman–Crippen LogP) is 0.943. The number of nitrogens with zero attached hydrogens (tertiary/aromatic N) is 1. The molecule has 16 heavy (non-hydrogen) atoms. The van der Waals surface area contributed by atoms with Gasteiger partial charge in [-0.2, -0.15) is 0 Å². The molecule has 1 aromatic heterocycles. The summed E-state index contributed by atoms with van der Waals surface area (Å²) in [5.41, 5.74) is 8.16. The molecular formula is C11H12N4O. The predicted molar refractivity (Wildman–Crippen MR) is 61.3 cm³/mol. The molecule has 1 amide bonds. The van der Waals surface area contributed by atoms with Gasteiger partial charge in [0.2, 0.25) is 0 Å². The summed E-state index contributed by atoms with van der Waals surface area (Å²) in [5.74, 6) is -0.343. The SMILES string of the molecule is C/C(N)=C1/C(=N)c2ncc(C)cc2NC1=O. The van der Waals surface area contributed by atoms with E-state index in [0.717, 1.165) is 5.56 Å². The van der Waals surface area contributed by atoms with E-state index in [9.17, 15) is 4.79 Å². The van der Waals surface area contributed by atoms with Crippen LogP contribution in [0.1, 0.15) is 18.2 Å². The number of rotatable bonds is 0. The Morgan fingerprint density at radius 1 is 1.56 bits per heavy atom. The number of amides is 1. The molecule has 0 fully saturated rings. The number of carbonyl (C=O) groups excluding carboxylic acids is 1. The van der Waals surface area contributed by atoms with Crippen molar-refractivity contribution in [2.24, 2.45) is 5.73 Å². The Kier molecular flexibility index (Phi) is 2.23. The van der Waals surface area contributed by atoms with Crippen LogP contribution in [0.5, 0.6) is 0 Å². The molecule has 0 saturated carbocycles. The smallest absolute Gasteiger partial charge is 0.259 e. The summed E-state index contributed by atoms with van der Waals surface area (Å²) in [7, 11) is 0. The molecular weight excluding hydrogens is 204 g/mol. The fourth-order valence-corrected chi connectivity index (χ4v) is 1.66. The highest BCUT2D eigenvalue weighted by Crippen LogP contribution is 2.24. The van der Waals surface area contributed by atoms with Gasteiger partial charge in [-0.1, -0.05) is 0 Å². The second-order valence-corrected chi connectivity index (χ2v) is 3.80. The number of hydrogen-bond donors (Lipinski definition) is 3. The van der Waals surface area contributed by atoms with Gasteiger partial charge in [0.25, 0.3) is 5.91 Å². The second-order valence-electron chi connectivity index (χ2n) is 3.80. The summed E-state index contributed by atoms with van der Waals surface area (Å²) in [6.45, 7) is 3.48. The van der Waals surface area contributed by atoms with Crippen LogP contribution in [0.15, 0.2) is 23.5 Å². The molecule has 0 unspecified atom stereocenters.